The average Bonchev–Trinajstić information content (AvgIpc) is 3.40. The largest absolute Gasteiger partial charge is 0.494 e. The number of Topliss-reactive ketones (excluding diaryl/α,β-unsaturated/α-hetero) is 1. The van der Waals surface area contributed by atoms with Crippen LogP contribution in [0.15, 0.2) is 53.3 Å². The van der Waals surface area contributed by atoms with Crippen molar-refractivity contribution in [2.75, 3.05) is 18.0 Å². The molecule has 1 atom stereocenters. The summed E-state index contributed by atoms with van der Waals surface area (Å²) >= 11 is 0. The molecule has 2 heterocycles. The molecule has 0 amide bonds. The standard InChI is InChI=1S/C38H47N3O3/c1-9-11-18-40(19-12-10-2)33-23-31(35(39-33)34-25(4)20-24(3)21-26(34)5)22-32-27(6)28(7)37(43)41(38(32)44)29(8)36(42)30-16-14-13-15-17-30/h13-17,20-23,29,39,43H,6,9-12,18-19H2,1-5,7-8H3/b32-22-. The number of aromatic hydroxyl groups is 1. The molecule has 2 aromatic carbocycles. The Kier molecular flexibility index (Phi) is 10.4. The van der Waals surface area contributed by atoms with E-state index in [-0.39, 0.29) is 11.7 Å². The van der Waals surface area contributed by atoms with E-state index in [9.17, 15) is 14.7 Å². The summed E-state index contributed by atoms with van der Waals surface area (Å²) in [4.78, 5) is 33.7. The van der Waals surface area contributed by atoms with Gasteiger partial charge in [-0.15, -0.1) is 0 Å². The number of hydrogen-bond donors (Lipinski definition) is 2. The number of ketones is 1. The fourth-order valence-electron chi connectivity index (χ4n) is 6.07. The van der Waals surface area contributed by atoms with Gasteiger partial charge in [-0.1, -0.05) is 81.3 Å². The molecule has 0 fully saturated rings. The van der Waals surface area contributed by atoms with E-state index in [1.807, 2.05) is 12.1 Å². The molecule has 6 nitrogen and oxygen atoms in total. The van der Waals surface area contributed by atoms with Crippen molar-refractivity contribution in [3.63, 3.8) is 0 Å². The Morgan fingerprint density at radius 3 is 2.16 bits per heavy atom. The molecule has 4 aromatic rings. The van der Waals surface area contributed by atoms with Crippen molar-refractivity contribution in [2.45, 2.75) is 80.2 Å². The number of aryl methyl sites for hydroxylation is 3. The summed E-state index contributed by atoms with van der Waals surface area (Å²) < 4.78 is 1.20. The number of rotatable bonds is 12. The van der Waals surface area contributed by atoms with E-state index in [0.29, 0.717) is 21.6 Å². The van der Waals surface area contributed by atoms with Crippen LogP contribution in [0.1, 0.15) is 90.7 Å². The van der Waals surface area contributed by atoms with Gasteiger partial charge in [-0.2, -0.15) is 0 Å². The molecule has 2 N–H and O–H groups in total. The summed E-state index contributed by atoms with van der Waals surface area (Å²) in [6.45, 7) is 20.2. The molecular formula is C38H47N3O3. The van der Waals surface area contributed by atoms with Crippen LogP contribution in [0.2, 0.25) is 0 Å². The fraction of sp³-hybridized carbons (Fsp3) is 0.368. The minimum atomic E-state index is -0.905. The zero-order valence-electron chi connectivity index (χ0n) is 27.4. The minimum absolute atomic E-state index is 0.237. The van der Waals surface area contributed by atoms with E-state index in [4.69, 9.17) is 0 Å². The molecule has 0 aliphatic rings. The van der Waals surface area contributed by atoms with E-state index < -0.39 is 11.6 Å². The number of H-pyrrole nitrogens is 1. The number of aromatic amines is 1. The van der Waals surface area contributed by atoms with Crippen LogP contribution in [-0.4, -0.2) is 33.5 Å². The molecule has 0 radical (unpaired) electrons. The van der Waals surface area contributed by atoms with Gasteiger partial charge in [0.15, 0.2) is 11.7 Å². The van der Waals surface area contributed by atoms with Crippen molar-refractivity contribution in [1.82, 2.24) is 9.55 Å². The Morgan fingerprint density at radius 2 is 1.59 bits per heavy atom. The van der Waals surface area contributed by atoms with Gasteiger partial charge in [0.05, 0.1) is 5.69 Å². The number of hydrogen-bond acceptors (Lipinski definition) is 4. The van der Waals surface area contributed by atoms with Gasteiger partial charge in [-0.25, -0.2) is 0 Å². The summed E-state index contributed by atoms with van der Waals surface area (Å²) in [5.41, 5.74) is 6.91. The first-order valence-corrected chi connectivity index (χ1v) is 15.8. The van der Waals surface area contributed by atoms with Crippen LogP contribution in [0.5, 0.6) is 5.88 Å². The van der Waals surface area contributed by atoms with Crippen LogP contribution in [0, 0.1) is 27.7 Å². The summed E-state index contributed by atoms with van der Waals surface area (Å²) in [6, 6.07) is 14.4. The number of benzene rings is 2. The number of anilines is 1. The van der Waals surface area contributed by atoms with Crippen LogP contribution in [0.3, 0.4) is 0 Å². The molecule has 44 heavy (non-hydrogen) atoms. The Hall–Kier alpha value is -4.32. The van der Waals surface area contributed by atoms with Crippen molar-refractivity contribution >= 4 is 24.3 Å². The Morgan fingerprint density at radius 1 is 1.00 bits per heavy atom. The lowest BCUT2D eigenvalue weighted by Gasteiger charge is -2.23. The highest BCUT2D eigenvalue weighted by atomic mass is 16.3. The summed E-state index contributed by atoms with van der Waals surface area (Å²) in [5, 5.41) is 11.9. The second kappa shape index (κ2) is 14.0. The van der Waals surface area contributed by atoms with Gasteiger partial charge in [-0.05, 0) is 75.9 Å². The van der Waals surface area contributed by atoms with Crippen LogP contribution >= 0.6 is 0 Å². The number of nitrogens with one attached hydrogen (secondary N) is 1. The predicted octanol–water partition coefficient (Wildman–Crippen LogP) is 6.87. The maximum Gasteiger partial charge on any atom is 0.261 e. The molecule has 0 saturated heterocycles. The summed E-state index contributed by atoms with van der Waals surface area (Å²) in [5.74, 6) is 0.532. The normalized spacial score (nSPS) is 12.5. The van der Waals surface area contributed by atoms with Gasteiger partial charge in [0.1, 0.15) is 11.9 Å². The van der Waals surface area contributed by atoms with Gasteiger partial charge < -0.3 is 15.0 Å². The van der Waals surface area contributed by atoms with Gasteiger partial charge in [-0.3, -0.25) is 14.2 Å². The van der Waals surface area contributed by atoms with E-state index in [1.165, 1.54) is 10.1 Å². The van der Waals surface area contributed by atoms with E-state index in [2.05, 4.69) is 69.3 Å². The molecule has 0 aliphatic heterocycles. The number of carbonyl (C=O) groups excluding carboxylic acids is 1. The maximum atomic E-state index is 14.2. The van der Waals surface area contributed by atoms with Crippen LogP contribution in [-0.2, 0) is 0 Å². The van der Waals surface area contributed by atoms with Gasteiger partial charge in [0.2, 0.25) is 0 Å². The highest BCUT2D eigenvalue weighted by Gasteiger charge is 2.23. The topological polar surface area (TPSA) is 78.3 Å². The van der Waals surface area contributed by atoms with Crippen LogP contribution < -0.4 is 20.9 Å². The number of pyridine rings is 1. The summed E-state index contributed by atoms with van der Waals surface area (Å²) in [6.07, 6.45) is 6.24. The van der Waals surface area contributed by atoms with E-state index in [1.54, 1.807) is 38.1 Å². The third kappa shape index (κ3) is 6.59. The first-order chi connectivity index (χ1) is 21.0. The second-order valence-corrected chi connectivity index (χ2v) is 12.0. The molecule has 1 unspecified atom stereocenters. The molecule has 0 saturated carbocycles. The molecule has 232 valence electrons. The number of aromatic nitrogens is 2. The molecule has 4 rings (SSSR count). The van der Waals surface area contributed by atoms with Crippen molar-refractivity contribution in [3.8, 4) is 17.1 Å². The first-order valence-electron chi connectivity index (χ1n) is 15.8. The van der Waals surface area contributed by atoms with Crippen molar-refractivity contribution in [1.29, 1.82) is 0 Å². The van der Waals surface area contributed by atoms with E-state index >= 15 is 0 Å². The Bertz CT molecular complexity index is 1780. The summed E-state index contributed by atoms with van der Waals surface area (Å²) in [7, 11) is 0. The third-order valence-corrected chi connectivity index (χ3v) is 8.58. The number of nitrogens with zero attached hydrogens (tertiary/aromatic N) is 2. The Balaban J connectivity index is 1.99. The van der Waals surface area contributed by atoms with Gasteiger partial charge >= 0.3 is 0 Å². The van der Waals surface area contributed by atoms with Crippen molar-refractivity contribution in [3.05, 3.63) is 103 Å². The lowest BCUT2D eigenvalue weighted by atomic mass is 9.95. The molecular weight excluding hydrogens is 546 g/mol. The number of carbonyl (C=O) groups is 1. The highest BCUT2D eigenvalue weighted by molar-refractivity contribution is 5.98. The lowest BCUT2D eigenvalue weighted by molar-refractivity contribution is 0.0926. The smallest absolute Gasteiger partial charge is 0.261 e. The van der Waals surface area contributed by atoms with Gasteiger partial charge in [0, 0.05) is 40.6 Å². The maximum absolute atomic E-state index is 14.2. The van der Waals surface area contributed by atoms with E-state index in [0.717, 1.165) is 72.5 Å². The number of unbranched alkanes of at least 4 members (excludes halogenated alkanes) is 2. The lowest BCUT2D eigenvalue weighted by Crippen LogP contribution is -2.47. The molecule has 2 aromatic heterocycles. The highest BCUT2D eigenvalue weighted by Crippen LogP contribution is 2.34. The monoisotopic (exact) mass is 593 g/mol. The molecule has 0 spiro atoms. The molecule has 0 aliphatic carbocycles. The fourth-order valence-corrected chi connectivity index (χ4v) is 6.07. The average molecular weight is 594 g/mol. The second-order valence-electron chi connectivity index (χ2n) is 12.0. The SMILES string of the molecule is C=c1c(C)c(O)n(C(C)C(=O)c2ccccc2)c(=O)/c1=C\c1cc(N(CCCC)CCCC)[nH]c1-c1c(C)cc(C)cc1C. The quantitative estimate of drug-likeness (QED) is 0.176. The zero-order valence-corrected chi connectivity index (χ0v) is 27.4. The van der Waals surface area contributed by atoms with Crippen molar-refractivity contribution in [2.24, 2.45) is 0 Å². The predicted molar refractivity (Wildman–Crippen MR) is 183 cm³/mol. The molecule has 0 bridgehead atoms. The minimum Gasteiger partial charge on any atom is -0.494 e. The van der Waals surface area contributed by atoms with Crippen LogP contribution in [0.4, 0.5) is 5.82 Å². The third-order valence-electron chi connectivity index (χ3n) is 8.58. The first kappa shape index (κ1) is 32.6. The van der Waals surface area contributed by atoms with Gasteiger partial charge in [0.25, 0.3) is 5.56 Å². The zero-order chi connectivity index (χ0) is 32.1. The molecule has 6 heteroatoms. The van der Waals surface area contributed by atoms with Crippen LogP contribution in [0.25, 0.3) is 23.9 Å². The Labute approximate surface area is 261 Å². The van der Waals surface area contributed by atoms with Crippen molar-refractivity contribution < 1.29 is 9.90 Å².